The van der Waals surface area contributed by atoms with Crippen molar-refractivity contribution in [3.05, 3.63) is 77.4 Å². The molecule has 0 fully saturated rings. The Labute approximate surface area is 103 Å². The molecule has 84 valence electrons. The molecular weight excluding hydrogens is 204 g/mol. The predicted molar refractivity (Wildman–Crippen MR) is 73.1 cm³/mol. The molecule has 0 nitrogen and oxygen atoms in total. The molecule has 0 radical (unpaired) electrons. The molecule has 0 saturated carbocycles. The quantitative estimate of drug-likeness (QED) is 0.693. The lowest BCUT2D eigenvalue weighted by atomic mass is 9.84. The molecule has 17 heavy (non-hydrogen) atoms. The molecular formula is C17H16. The van der Waals surface area contributed by atoms with Crippen molar-refractivity contribution >= 4 is 6.08 Å². The fourth-order valence-corrected chi connectivity index (χ4v) is 2.68. The third-order valence-electron chi connectivity index (χ3n) is 3.70. The molecule has 2 atom stereocenters. The maximum atomic E-state index is 2.34. The molecule has 1 aliphatic rings. The number of benzene rings is 2. The highest BCUT2D eigenvalue weighted by molar-refractivity contribution is 5.63. The van der Waals surface area contributed by atoms with E-state index in [0.29, 0.717) is 11.8 Å². The topological polar surface area (TPSA) is 0 Å². The van der Waals surface area contributed by atoms with Gasteiger partial charge >= 0.3 is 0 Å². The van der Waals surface area contributed by atoms with E-state index >= 15 is 0 Å². The van der Waals surface area contributed by atoms with Gasteiger partial charge in [-0.05, 0) is 22.6 Å². The molecule has 0 aliphatic heterocycles. The van der Waals surface area contributed by atoms with Gasteiger partial charge < -0.3 is 0 Å². The maximum Gasteiger partial charge on any atom is 0.00933 e. The Kier molecular flexibility index (Phi) is 2.56. The van der Waals surface area contributed by atoms with Gasteiger partial charge in [0, 0.05) is 5.92 Å². The van der Waals surface area contributed by atoms with Gasteiger partial charge in [0.25, 0.3) is 0 Å². The van der Waals surface area contributed by atoms with Crippen LogP contribution in [0.25, 0.3) is 6.08 Å². The smallest absolute Gasteiger partial charge is 0.00933 e. The zero-order chi connectivity index (χ0) is 11.7. The first-order chi connectivity index (χ1) is 8.36. The second-order valence-corrected chi connectivity index (χ2v) is 4.71. The van der Waals surface area contributed by atoms with Crippen LogP contribution in [-0.2, 0) is 0 Å². The van der Waals surface area contributed by atoms with Crippen LogP contribution >= 0.6 is 0 Å². The van der Waals surface area contributed by atoms with E-state index in [-0.39, 0.29) is 0 Å². The average molecular weight is 220 g/mol. The van der Waals surface area contributed by atoms with Gasteiger partial charge in [0.2, 0.25) is 0 Å². The van der Waals surface area contributed by atoms with Crippen LogP contribution < -0.4 is 0 Å². The molecule has 0 spiro atoms. The van der Waals surface area contributed by atoms with Crippen molar-refractivity contribution in [1.82, 2.24) is 0 Å². The van der Waals surface area contributed by atoms with Crippen molar-refractivity contribution < 1.29 is 0 Å². The van der Waals surface area contributed by atoms with Gasteiger partial charge in [0.05, 0.1) is 0 Å². The van der Waals surface area contributed by atoms with E-state index in [2.05, 4.69) is 73.7 Å². The van der Waals surface area contributed by atoms with E-state index in [1.54, 1.807) is 0 Å². The first-order valence-electron chi connectivity index (χ1n) is 6.18. The number of hydrogen-bond donors (Lipinski definition) is 0. The number of rotatable bonds is 2. The Morgan fingerprint density at radius 2 is 1.59 bits per heavy atom. The molecule has 0 bridgehead atoms. The SMILES string of the molecule is CC(c1ccccc1)C1C=Cc2ccccc21. The third-order valence-corrected chi connectivity index (χ3v) is 3.70. The summed E-state index contributed by atoms with van der Waals surface area (Å²) in [6.07, 6.45) is 4.59. The zero-order valence-corrected chi connectivity index (χ0v) is 10.0. The molecule has 0 N–H and O–H groups in total. The van der Waals surface area contributed by atoms with Crippen molar-refractivity contribution in [1.29, 1.82) is 0 Å². The summed E-state index contributed by atoms with van der Waals surface area (Å²) < 4.78 is 0. The molecule has 3 rings (SSSR count). The molecule has 0 heteroatoms. The Morgan fingerprint density at radius 1 is 0.882 bits per heavy atom. The lowest BCUT2D eigenvalue weighted by molar-refractivity contribution is 0.684. The third kappa shape index (κ3) is 1.80. The number of fused-ring (bicyclic) bond motifs is 1. The van der Waals surface area contributed by atoms with E-state index in [4.69, 9.17) is 0 Å². The van der Waals surface area contributed by atoms with E-state index in [9.17, 15) is 0 Å². The monoisotopic (exact) mass is 220 g/mol. The minimum absolute atomic E-state index is 0.522. The molecule has 1 aliphatic carbocycles. The van der Waals surface area contributed by atoms with E-state index in [0.717, 1.165) is 0 Å². The highest BCUT2D eigenvalue weighted by atomic mass is 14.3. The minimum Gasteiger partial charge on any atom is -0.0758 e. The van der Waals surface area contributed by atoms with Gasteiger partial charge in [-0.15, -0.1) is 0 Å². The summed E-state index contributed by atoms with van der Waals surface area (Å²) in [5.41, 5.74) is 4.25. The van der Waals surface area contributed by atoms with Crippen LogP contribution in [0.5, 0.6) is 0 Å². The van der Waals surface area contributed by atoms with Crippen LogP contribution in [0.2, 0.25) is 0 Å². The lowest BCUT2D eigenvalue weighted by Crippen LogP contribution is -2.04. The second kappa shape index (κ2) is 4.21. The van der Waals surface area contributed by atoms with Crippen LogP contribution in [0.15, 0.2) is 60.7 Å². The largest absolute Gasteiger partial charge is 0.0758 e. The first kappa shape index (κ1) is 10.3. The van der Waals surface area contributed by atoms with Crippen LogP contribution in [0, 0.1) is 0 Å². The molecule has 0 heterocycles. The fourth-order valence-electron chi connectivity index (χ4n) is 2.68. The summed E-state index contributed by atoms with van der Waals surface area (Å²) in [7, 11) is 0. The van der Waals surface area contributed by atoms with Gasteiger partial charge in [-0.25, -0.2) is 0 Å². The van der Waals surface area contributed by atoms with Crippen molar-refractivity contribution in [2.75, 3.05) is 0 Å². The highest BCUT2D eigenvalue weighted by Crippen LogP contribution is 2.39. The summed E-state index contributed by atoms with van der Waals surface area (Å²) in [5.74, 6) is 1.06. The highest BCUT2D eigenvalue weighted by Gasteiger charge is 2.23. The summed E-state index contributed by atoms with van der Waals surface area (Å²) in [5, 5.41) is 0. The van der Waals surface area contributed by atoms with Crippen LogP contribution in [0.1, 0.15) is 35.4 Å². The summed E-state index contributed by atoms with van der Waals surface area (Å²) in [6, 6.07) is 19.5. The molecule has 2 aromatic carbocycles. The normalized spacial score (nSPS) is 19.0. The predicted octanol–water partition coefficient (Wildman–Crippen LogP) is 4.60. The van der Waals surface area contributed by atoms with Crippen molar-refractivity contribution in [2.24, 2.45) is 0 Å². The second-order valence-electron chi connectivity index (χ2n) is 4.71. The Balaban J connectivity index is 1.95. The zero-order valence-electron chi connectivity index (χ0n) is 10.0. The fraction of sp³-hybridized carbons (Fsp3) is 0.176. The van der Waals surface area contributed by atoms with E-state index < -0.39 is 0 Å². The standard InChI is InChI=1S/C17H16/c1-13(14-7-3-2-4-8-14)16-12-11-15-9-5-6-10-17(15)16/h2-13,16H,1H3. The van der Waals surface area contributed by atoms with Gasteiger partial charge in [-0.3, -0.25) is 0 Å². The summed E-state index contributed by atoms with van der Waals surface area (Å²) in [4.78, 5) is 0. The van der Waals surface area contributed by atoms with Gasteiger partial charge in [0.1, 0.15) is 0 Å². The first-order valence-corrected chi connectivity index (χ1v) is 6.18. The molecule has 0 aromatic heterocycles. The van der Waals surface area contributed by atoms with Crippen LogP contribution in [0.4, 0.5) is 0 Å². The molecule has 2 unspecified atom stereocenters. The van der Waals surface area contributed by atoms with E-state index in [1.807, 2.05) is 0 Å². The van der Waals surface area contributed by atoms with Crippen molar-refractivity contribution in [3.8, 4) is 0 Å². The van der Waals surface area contributed by atoms with Crippen molar-refractivity contribution in [3.63, 3.8) is 0 Å². The Hall–Kier alpha value is -1.82. The average Bonchev–Trinajstić information content (AvgIpc) is 2.83. The lowest BCUT2D eigenvalue weighted by Gasteiger charge is -2.19. The summed E-state index contributed by atoms with van der Waals surface area (Å²) in [6.45, 7) is 2.31. The van der Waals surface area contributed by atoms with Gasteiger partial charge in [-0.1, -0.05) is 73.7 Å². The van der Waals surface area contributed by atoms with Gasteiger partial charge in [0.15, 0.2) is 0 Å². The van der Waals surface area contributed by atoms with Crippen LogP contribution in [-0.4, -0.2) is 0 Å². The Bertz CT molecular complexity index is 537. The molecule has 0 saturated heterocycles. The number of hydrogen-bond acceptors (Lipinski definition) is 0. The van der Waals surface area contributed by atoms with Crippen molar-refractivity contribution in [2.45, 2.75) is 18.8 Å². The van der Waals surface area contributed by atoms with Gasteiger partial charge in [-0.2, -0.15) is 0 Å². The minimum atomic E-state index is 0.522. The van der Waals surface area contributed by atoms with E-state index in [1.165, 1.54) is 16.7 Å². The molecule has 2 aromatic rings. The molecule has 0 amide bonds. The Morgan fingerprint density at radius 3 is 2.41 bits per heavy atom. The summed E-state index contributed by atoms with van der Waals surface area (Å²) >= 11 is 0. The van der Waals surface area contributed by atoms with Crippen LogP contribution in [0.3, 0.4) is 0 Å². The number of allylic oxidation sites excluding steroid dienone is 1. The maximum absolute atomic E-state index is 2.34.